The highest BCUT2D eigenvalue weighted by Gasteiger charge is 1.98. The third-order valence-corrected chi connectivity index (χ3v) is 2.05. The van der Waals surface area contributed by atoms with Crippen molar-refractivity contribution in [3.63, 3.8) is 0 Å². The Bertz CT molecular complexity index is 299. The summed E-state index contributed by atoms with van der Waals surface area (Å²) in [6.45, 7) is 2.08. The molecule has 1 N–H and O–H groups in total. The van der Waals surface area contributed by atoms with E-state index in [0.717, 1.165) is 12.1 Å². The molecule has 0 heterocycles. The van der Waals surface area contributed by atoms with E-state index in [0.29, 0.717) is 0 Å². The van der Waals surface area contributed by atoms with Crippen LogP contribution in [0.25, 0.3) is 0 Å². The number of nitrogens with one attached hydrogen (secondary N) is 1. The van der Waals surface area contributed by atoms with Gasteiger partial charge in [0, 0.05) is 5.69 Å². The third-order valence-electron chi connectivity index (χ3n) is 1.76. The fourth-order valence-corrected chi connectivity index (χ4v) is 1.15. The number of amides is 1. The van der Waals surface area contributed by atoms with Crippen molar-refractivity contribution in [3.8, 4) is 0 Å². The molecule has 0 aliphatic rings. The number of hydrogen-bond donors (Lipinski definition) is 2. The van der Waals surface area contributed by atoms with Crippen LogP contribution in [-0.2, 0) is 11.2 Å². The second-order valence-corrected chi connectivity index (χ2v) is 3.08. The van der Waals surface area contributed by atoms with Crippen molar-refractivity contribution in [1.29, 1.82) is 0 Å². The molecule has 0 fully saturated rings. The standard InChI is InChI=1S/C10H13NOS/c1-2-8-4-3-5-9(6-8)11-10(12)7-13/h3-6,13H,2,7H2,1H3,(H,11,12). The molecule has 0 bridgehead atoms. The molecule has 0 saturated carbocycles. The summed E-state index contributed by atoms with van der Waals surface area (Å²) in [4.78, 5) is 11.0. The Morgan fingerprint density at radius 2 is 2.31 bits per heavy atom. The van der Waals surface area contributed by atoms with E-state index in [9.17, 15) is 4.79 Å². The van der Waals surface area contributed by atoms with Gasteiger partial charge in [0.05, 0.1) is 5.75 Å². The Morgan fingerprint density at radius 3 is 2.92 bits per heavy atom. The van der Waals surface area contributed by atoms with Gasteiger partial charge in [0.1, 0.15) is 0 Å². The van der Waals surface area contributed by atoms with Crippen molar-refractivity contribution in [3.05, 3.63) is 29.8 Å². The van der Waals surface area contributed by atoms with E-state index in [1.807, 2.05) is 24.3 Å². The number of rotatable bonds is 3. The molecule has 3 heteroatoms. The zero-order valence-corrected chi connectivity index (χ0v) is 8.47. The Morgan fingerprint density at radius 1 is 1.54 bits per heavy atom. The first-order chi connectivity index (χ1) is 6.26. The number of aryl methyl sites for hydroxylation is 1. The van der Waals surface area contributed by atoms with Gasteiger partial charge in [0.25, 0.3) is 0 Å². The van der Waals surface area contributed by atoms with Gasteiger partial charge in [-0.25, -0.2) is 0 Å². The summed E-state index contributed by atoms with van der Waals surface area (Å²) in [6, 6.07) is 7.82. The lowest BCUT2D eigenvalue weighted by Crippen LogP contribution is -2.12. The van der Waals surface area contributed by atoms with Crippen molar-refractivity contribution in [1.82, 2.24) is 0 Å². The number of anilines is 1. The minimum Gasteiger partial charge on any atom is -0.325 e. The smallest absolute Gasteiger partial charge is 0.234 e. The number of thiol groups is 1. The third kappa shape index (κ3) is 3.11. The van der Waals surface area contributed by atoms with Crippen molar-refractivity contribution in [2.75, 3.05) is 11.1 Å². The second kappa shape index (κ2) is 4.92. The molecule has 0 saturated heterocycles. The molecule has 1 rings (SSSR count). The molecule has 13 heavy (non-hydrogen) atoms. The Kier molecular flexibility index (Phi) is 3.83. The first kappa shape index (κ1) is 10.1. The molecular weight excluding hydrogens is 182 g/mol. The minimum absolute atomic E-state index is 0.0726. The molecule has 0 spiro atoms. The van der Waals surface area contributed by atoms with Crippen LogP contribution in [-0.4, -0.2) is 11.7 Å². The number of hydrogen-bond acceptors (Lipinski definition) is 2. The maximum atomic E-state index is 11.0. The highest BCUT2D eigenvalue weighted by molar-refractivity contribution is 7.81. The number of carbonyl (C=O) groups excluding carboxylic acids is 1. The van der Waals surface area contributed by atoms with Gasteiger partial charge in [-0.15, -0.1) is 0 Å². The van der Waals surface area contributed by atoms with E-state index in [-0.39, 0.29) is 11.7 Å². The van der Waals surface area contributed by atoms with Crippen LogP contribution in [0.15, 0.2) is 24.3 Å². The fraction of sp³-hybridized carbons (Fsp3) is 0.300. The van der Waals surface area contributed by atoms with Crippen LogP contribution in [0.3, 0.4) is 0 Å². The molecule has 1 aromatic carbocycles. The van der Waals surface area contributed by atoms with Crippen LogP contribution in [0.4, 0.5) is 5.69 Å². The number of carbonyl (C=O) groups is 1. The molecule has 70 valence electrons. The van der Waals surface area contributed by atoms with Gasteiger partial charge >= 0.3 is 0 Å². The maximum Gasteiger partial charge on any atom is 0.234 e. The fourth-order valence-electron chi connectivity index (χ4n) is 1.07. The second-order valence-electron chi connectivity index (χ2n) is 2.76. The molecule has 0 atom stereocenters. The van der Waals surface area contributed by atoms with E-state index in [1.54, 1.807) is 0 Å². The van der Waals surface area contributed by atoms with Gasteiger partial charge in [-0.3, -0.25) is 4.79 Å². The lowest BCUT2D eigenvalue weighted by atomic mass is 10.1. The largest absolute Gasteiger partial charge is 0.325 e. The minimum atomic E-state index is -0.0726. The predicted molar refractivity (Wildman–Crippen MR) is 58.3 cm³/mol. The Labute approximate surface area is 83.8 Å². The highest BCUT2D eigenvalue weighted by Crippen LogP contribution is 2.10. The van der Waals surface area contributed by atoms with Gasteiger partial charge in [0.15, 0.2) is 0 Å². The van der Waals surface area contributed by atoms with Crippen LogP contribution in [0.1, 0.15) is 12.5 Å². The van der Waals surface area contributed by atoms with Crippen LogP contribution >= 0.6 is 12.6 Å². The molecule has 0 aliphatic heterocycles. The molecule has 0 aromatic heterocycles. The van der Waals surface area contributed by atoms with Crippen LogP contribution in [0.5, 0.6) is 0 Å². The SMILES string of the molecule is CCc1cccc(NC(=O)CS)c1. The van der Waals surface area contributed by atoms with Crippen molar-refractivity contribution < 1.29 is 4.79 Å². The van der Waals surface area contributed by atoms with Gasteiger partial charge < -0.3 is 5.32 Å². The van der Waals surface area contributed by atoms with E-state index in [4.69, 9.17) is 0 Å². The van der Waals surface area contributed by atoms with E-state index < -0.39 is 0 Å². The maximum absolute atomic E-state index is 11.0. The summed E-state index contributed by atoms with van der Waals surface area (Å²) >= 11 is 3.88. The van der Waals surface area contributed by atoms with E-state index in [2.05, 4.69) is 24.9 Å². The van der Waals surface area contributed by atoms with Gasteiger partial charge in [-0.1, -0.05) is 19.1 Å². The highest BCUT2D eigenvalue weighted by atomic mass is 32.1. The summed E-state index contributed by atoms with van der Waals surface area (Å²) in [7, 11) is 0. The molecule has 0 aliphatic carbocycles. The monoisotopic (exact) mass is 195 g/mol. The van der Waals surface area contributed by atoms with Gasteiger partial charge in [-0.2, -0.15) is 12.6 Å². The van der Waals surface area contributed by atoms with Crippen LogP contribution in [0, 0.1) is 0 Å². The van der Waals surface area contributed by atoms with Crippen LogP contribution < -0.4 is 5.32 Å². The molecular formula is C10H13NOS. The van der Waals surface area contributed by atoms with Gasteiger partial charge in [-0.05, 0) is 24.1 Å². The summed E-state index contributed by atoms with van der Waals surface area (Å²) in [5.41, 5.74) is 2.07. The molecule has 2 nitrogen and oxygen atoms in total. The average Bonchev–Trinajstić information content (AvgIpc) is 2.18. The predicted octanol–water partition coefficient (Wildman–Crippen LogP) is 2.12. The number of benzene rings is 1. The molecule has 0 radical (unpaired) electrons. The summed E-state index contributed by atoms with van der Waals surface area (Å²) in [6.07, 6.45) is 0.977. The van der Waals surface area contributed by atoms with Crippen molar-refractivity contribution >= 4 is 24.2 Å². The molecule has 1 aromatic rings. The summed E-state index contributed by atoms with van der Waals surface area (Å²) in [5, 5.41) is 2.75. The molecule has 1 amide bonds. The zero-order valence-electron chi connectivity index (χ0n) is 7.58. The van der Waals surface area contributed by atoms with E-state index >= 15 is 0 Å². The average molecular weight is 195 g/mol. The van der Waals surface area contributed by atoms with E-state index in [1.165, 1.54) is 5.56 Å². The van der Waals surface area contributed by atoms with Gasteiger partial charge in [0.2, 0.25) is 5.91 Å². The first-order valence-electron chi connectivity index (χ1n) is 4.26. The first-order valence-corrected chi connectivity index (χ1v) is 4.89. The van der Waals surface area contributed by atoms with Crippen molar-refractivity contribution in [2.45, 2.75) is 13.3 Å². The topological polar surface area (TPSA) is 29.1 Å². The van der Waals surface area contributed by atoms with Crippen LogP contribution in [0.2, 0.25) is 0 Å². The normalized spacial score (nSPS) is 9.69. The Balaban J connectivity index is 2.71. The molecule has 0 unspecified atom stereocenters. The summed E-state index contributed by atoms with van der Waals surface area (Å²) < 4.78 is 0. The zero-order chi connectivity index (χ0) is 9.68. The summed E-state index contributed by atoms with van der Waals surface area (Å²) in [5.74, 6) is 0.146. The quantitative estimate of drug-likeness (QED) is 0.711. The Hall–Kier alpha value is -0.960. The lowest BCUT2D eigenvalue weighted by molar-refractivity contribution is -0.113. The van der Waals surface area contributed by atoms with Crippen molar-refractivity contribution in [2.24, 2.45) is 0 Å². The lowest BCUT2D eigenvalue weighted by Gasteiger charge is -2.04.